The molecule has 20 heavy (non-hydrogen) atoms. The molecule has 1 aromatic carbocycles. The number of nitrogens with one attached hydrogen (secondary N) is 1. The van der Waals surface area contributed by atoms with Gasteiger partial charge in [-0.15, -0.1) is 0 Å². The molecule has 1 fully saturated rings. The van der Waals surface area contributed by atoms with Crippen molar-refractivity contribution in [3.05, 3.63) is 35.6 Å². The van der Waals surface area contributed by atoms with Crippen LogP contribution in [0.15, 0.2) is 24.3 Å². The number of amides is 1. The average Bonchev–Trinajstić information content (AvgIpc) is 3.21. The highest BCUT2D eigenvalue weighted by Gasteiger charge is 2.47. The van der Waals surface area contributed by atoms with Crippen molar-refractivity contribution in [1.29, 1.82) is 0 Å². The van der Waals surface area contributed by atoms with Crippen molar-refractivity contribution in [1.82, 2.24) is 5.32 Å². The monoisotopic (exact) mass is 279 g/mol. The van der Waals surface area contributed by atoms with E-state index in [4.69, 9.17) is 0 Å². The zero-order valence-corrected chi connectivity index (χ0v) is 11.4. The Balaban J connectivity index is 2.02. The predicted octanol–water partition coefficient (Wildman–Crippen LogP) is 2.30. The fourth-order valence-corrected chi connectivity index (χ4v) is 2.32. The lowest BCUT2D eigenvalue weighted by atomic mass is 9.98. The Morgan fingerprint density at radius 3 is 2.40 bits per heavy atom. The van der Waals surface area contributed by atoms with Crippen molar-refractivity contribution in [2.24, 2.45) is 5.41 Å². The molecule has 1 aliphatic carbocycles. The van der Waals surface area contributed by atoms with Gasteiger partial charge in [-0.05, 0) is 37.0 Å². The lowest BCUT2D eigenvalue weighted by molar-refractivity contribution is -0.138. The highest BCUT2D eigenvalue weighted by Crippen LogP contribution is 2.48. The quantitative estimate of drug-likeness (QED) is 0.839. The SMILES string of the molecule is CCC1(C(=O)NCC(C(=O)O)c2ccc(F)cc2)CC1. The first-order valence-electron chi connectivity index (χ1n) is 6.75. The molecule has 1 amide bonds. The maximum Gasteiger partial charge on any atom is 0.312 e. The zero-order valence-electron chi connectivity index (χ0n) is 11.4. The number of carbonyl (C=O) groups excluding carboxylic acids is 1. The summed E-state index contributed by atoms with van der Waals surface area (Å²) < 4.78 is 12.9. The first-order valence-corrected chi connectivity index (χ1v) is 6.75. The van der Waals surface area contributed by atoms with E-state index in [9.17, 15) is 19.1 Å². The summed E-state index contributed by atoms with van der Waals surface area (Å²) in [4.78, 5) is 23.3. The number of hydrogen-bond acceptors (Lipinski definition) is 2. The van der Waals surface area contributed by atoms with E-state index in [-0.39, 0.29) is 17.9 Å². The number of hydrogen-bond donors (Lipinski definition) is 2. The standard InChI is InChI=1S/C15H18FNO3/c1-2-15(7-8-15)14(20)17-9-12(13(18)19)10-3-5-11(16)6-4-10/h3-6,12H,2,7-9H2,1H3,(H,17,20)(H,18,19). The Hall–Kier alpha value is -1.91. The molecule has 2 rings (SSSR count). The fraction of sp³-hybridized carbons (Fsp3) is 0.467. The van der Waals surface area contributed by atoms with E-state index in [2.05, 4.69) is 5.32 Å². The topological polar surface area (TPSA) is 66.4 Å². The van der Waals surface area contributed by atoms with Crippen molar-refractivity contribution in [2.75, 3.05) is 6.54 Å². The van der Waals surface area contributed by atoms with Crippen LogP contribution in [0.5, 0.6) is 0 Å². The minimum atomic E-state index is -1.03. The molecule has 0 heterocycles. The molecule has 1 aliphatic rings. The Bertz CT molecular complexity index is 508. The maximum atomic E-state index is 12.9. The molecule has 1 saturated carbocycles. The molecule has 5 heteroatoms. The first kappa shape index (κ1) is 14.5. The maximum absolute atomic E-state index is 12.9. The van der Waals surface area contributed by atoms with Gasteiger partial charge in [0.05, 0.1) is 5.92 Å². The smallest absolute Gasteiger partial charge is 0.312 e. The number of halogens is 1. The van der Waals surface area contributed by atoms with E-state index in [1.807, 2.05) is 6.92 Å². The third-order valence-electron chi connectivity index (χ3n) is 4.05. The minimum Gasteiger partial charge on any atom is -0.481 e. The second-order valence-electron chi connectivity index (χ2n) is 5.29. The van der Waals surface area contributed by atoms with Crippen molar-refractivity contribution in [2.45, 2.75) is 32.1 Å². The lowest BCUT2D eigenvalue weighted by Crippen LogP contribution is -2.36. The normalized spacial score (nSPS) is 17.3. The van der Waals surface area contributed by atoms with Crippen molar-refractivity contribution in [3.63, 3.8) is 0 Å². The second-order valence-corrected chi connectivity index (χ2v) is 5.29. The summed E-state index contributed by atoms with van der Waals surface area (Å²) in [6.07, 6.45) is 2.50. The van der Waals surface area contributed by atoms with Crippen LogP contribution in [0.1, 0.15) is 37.7 Å². The largest absolute Gasteiger partial charge is 0.481 e. The molecular formula is C15H18FNO3. The van der Waals surface area contributed by atoms with E-state index in [0.717, 1.165) is 19.3 Å². The Morgan fingerprint density at radius 1 is 1.35 bits per heavy atom. The predicted molar refractivity (Wildman–Crippen MR) is 71.7 cm³/mol. The summed E-state index contributed by atoms with van der Waals surface area (Å²) in [7, 11) is 0. The average molecular weight is 279 g/mol. The van der Waals surface area contributed by atoms with Gasteiger partial charge < -0.3 is 10.4 Å². The minimum absolute atomic E-state index is 0.0293. The molecule has 1 atom stereocenters. The lowest BCUT2D eigenvalue weighted by Gasteiger charge is -2.17. The summed E-state index contributed by atoms with van der Waals surface area (Å²) in [6, 6.07) is 5.32. The van der Waals surface area contributed by atoms with Crippen molar-refractivity contribution < 1.29 is 19.1 Å². The van der Waals surface area contributed by atoms with Crippen LogP contribution in [0, 0.1) is 11.2 Å². The van der Waals surface area contributed by atoms with Gasteiger partial charge in [-0.2, -0.15) is 0 Å². The number of carbonyl (C=O) groups is 2. The molecule has 1 unspecified atom stereocenters. The first-order chi connectivity index (χ1) is 9.48. The molecule has 2 N–H and O–H groups in total. The summed E-state index contributed by atoms with van der Waals surface area (Å²) in [6.45, 7) is 1.99. The van der Waals surface area contributed by atoms with Gasteiger partial charge in [0.1, 0.15) is 5.82 Å². The molecule has 0 aliphatic heterocycles. The van der Waals surface area contributed by atoms with Gasteiger partial charge in [0.25, 0.3) is 0 Å². The van der Waals surface area contributed by atoms with Gasteiger partial charge in [0, 0.05) is 12.0 Å². The summed E-state index contributed by atoms with van der Waals surface area (Å²) >= 11 is 0. The number of rotatable bonds is 6. The molecule has 0 spiro atoms. The van der Waals surface area contributed by atoms with E-state index >= 15 is 0 Å². The Kier molecular flexibility index (Phi) is 4.06. The molecule has 0 aromatic heterocycles. The highest BCUT2D eigenvalue weighted by molar-refractivity contribution is 5.86. The summed E-state index contributed by atoms with van der Waals surface area (Å²) in [5.41, 5.74) is 0.201. The molecule has 4 nitrogen and oxygen atoms in total. The van der Waals surface area contributed by atoms with Crippen LogP contribution in [0.25, 0.3) is 0 Å². The van der Waals surface area contributed by atoms with Crippen LogP contribution < -0.4 is 5.32 Å². The van der Waals surface area contributed by atoms with Gasteiger partial charge in [0.2, 0.25) is 5.91 Å². The van der Waals surface area contributed by atoms with Gasteiger partial charge >= 0.3 is 5.97 Å². The summed E-state index contributed by atoms with van der Waals surface area (Å²) in [5.74, 6) is -2.37. The molecular weight excluding hydrogens is 261 g/mol. The molecule has 0 saturated heterocycles. The molecule has 0 radical (unpaired) electrons. The fourth-order valence-electron chi connectivity index (χ4n) is 2.32. The van der Waals surface area contributed by atoms with Crippen LogP contribution in [-0.2, 0) is 9.59 Å². The highest BCUT2D eigenvalue weighted by atomic mass is 19.1. The number of aliphatic carboxylic acids is 1. The Labute approximate surface area is 117 Å². The van der Waals surface area contributed by atoms with Crippen LogP contribution >= 0.6 is 0 Å². The van der Waals surface area contributed by atoms with Crippen LogP contribution in [0.2, 0.25) is 0 Å². The summed E-state index contributed by atoms with van der Waals surface area (Å²) in [5, 5.41) is 12.0. The van der Waals surface area contributed by atoms with Crippen molar-refractivity contribution in [3.8, 4) is 0 Å². The van der Waals surface area contributed by atoms with Crippen LogP contribution in [0.4, 0.5) is 4.39 Å². The Morgan fingerprint density at radius 2 is 1.95 bits per heavy atom. The van der Waals surface area contributed by atoms with Gasteiger partial charge in [0.15, 0.2) is 0 Å². The van der Waals surface area contributed by atoms with Gasteiger partial charge in [-0.25, -0.2) is 4.39 Å². The van der Waals surface area contributed by atoms with E-state index in [0.29, 0.717) is 5.56 Å². The second kappa shape index (κ2) is 5.61. The van der Waals surface area contributed by atoms with Crippen LogP contribution in [-0.4, -0.2) is 23.5 Å². The van der Waals surface area contributed by atoms with E-state index < -0.39 is 17.7 Å². The van der Waals surface area contributed by atoms with E-state index in [1.165, 1.54) is 24.3 Å². The molecule has 1 aromatic rings. The van der Waals surface area contributed by atoms with Crippen LogP contribution in [0.3, 0.4) is 0 Å². The zero-order chi connectivity index (χ0) is 14.8. The van der Waals surface area contributed by atoms with E-state index in [1.54, 1.807) is 0 Å². The third-order valence-corrected chi connectivity index (χ3v) is 4.05. The molecule has 0 bridgehead atoms. The number of carboxylic acid groups (broad SMARTS) is 1. The van der Waals surface area contributed by atoms with Gasteiger partial charge in [-0.1, -0.05) is 19.1 Å². The number of benzene rings is 1. The third kappa shape index (κ3) is 2.98. The number of carboxylic acids is 1. The van der Waals surface area contributed by atoms with Gasteiger partial charge in [-0.3, -0.25) is 9.59 Å². The van der Waals surface area contributed by atoms with Crippen molar-refractivity contribution >= 4 is 11.9 Å². The molecule has 108 valence electrons.